The number of hydrogen-bond acceptors (Lipinski definition) is 7. The normalized spacial score (nSPS) is 14.7. The zero-order valence-electron chi connectivity index (χ0n) is 15.7. The van der Waals surface area contributed by atoms with Crippen LogP contribution in [0.3, 0.4) is 0 Å². The maximum atomic E-state index is 12.7. The molecule has 27 heavy (non-hydrogen) atoms. The van der Waals surface area contributed by atoms with Crippen molar-refractivity contribution in [3.63, 3.8) is 0 Å². The number of nitrogens with one attached hydrogen (secondary N) is 1. The van der Waals surface area contributed by atoms with Gasteiger partial charge in [-0.15, -0.1) is 0 Å². The molecule has 0 bridgehead atoms. The lowest BCUT2D eigenvalue weighted by Gasteiger charge is -2.32. The van der Waals surface area contributed by atoms with Crippen molar-refractivity contribution in [2.45, 2.75) is 6.92 Å². The van der Waals surface area contributed by atoms with Crippen molar-refractivity contribution < 1.29 is 14.3 Å². The molecule has 0 atom stereocenters. The number of piperazine rings is 1. The molecule has 0 aliphatic carbocycles. The van der Waals surface area contributed by atoms with E-state index in [2.05, 4.69) is 32.1 Å². The van der Waals surface area contributed by atoms with Gasteiger partial charge in [0.2, 0.25) is 5.95 Å². The Labute approximate surface area is 158 Å². The van der Waals surface area contributed by atoms with Gasteiger partial charge in [-0.25, -0.2) is 14.8 Å². The number of aryl methyl sites for hydroxylation is 1. The van der Waals surface area contributed by atoms with Crippen molar-refractivity contribution in [1.82, 2.24) is 14.9 Å². The molecule has 0 radical (unpaired) electrons. The molecule has 0 unspecified atom stereocenters. The van der Waals surface area contributed by atoms with Gasteiger partial charge in [0.15, 0.2) is 0 Å². The summed E-state index contributed by atoms with van der Waals surface area (Å²) in [5, 5.41) is 2.78. The molecular weight excluding hydrogens is 346 g/mol. The van der Waals surface area contributed by atoms with Gasteiger partial charge in [0.05, 0.1) is 12.7 Å². The first-order chi connectivity index (χ1) is 13.0. The number of aromatic nitrogens is 2. The number of amides is 1. The topological polar surface area (TPSA) is 87.7 Å². The van der Waals surface area contributed by atoms with Crippen LogP contribution in [0, 0.1) is 6.92 Å². The van der Waals surface area contributed by atoms with Crippen LogP contribution < -0.4 is 10.2 Å². The third-order valence-electron chi connectivity index (χ3n) is 4.40. The summed E-state index contributed by atoms with van der Waals surface area (Å²) in [7, 11) is 3.40. The Bertz CT molecular complexity index is 847. The Balaban J connectivity index is 1.78. The van der Waals surface area contributed by atoms with E-state index in [9.17, 15) is 9.59 Å². The van der Waals surface area contributed by atoms with Crippen LogP contribution in [0.1, 0.15) is 26.5 Å². The first-order valence-electron chi connectivity index (χ1n) is 8.75. The van der Waals surface area contributed by atoms with E-state index >= 15 is 0 Å². The molecule has 2 aromatic rings. The number of methoxy groups -OCH3 is 1. The van der Waals surface area contributed by atoms with Crippen molar-refractivity contribution in [3.05, 3.63) is 47.3 Å². The summed E-state index contributed by atoms with van der Waals surface area (Å²) in [5.41, 5.74) is 1.89. The summed E-state index contributed by atoms with van der Waals surface area (Å²) in [5.74, 6) is -0.240. The molecule has 0 spiro atoms. The Morgan fingerprint density at radius 3 is 2.56 bits per heavy atom. The van der Waals surface area contributed by atoms with E-state index in [1.54, 1.807) is 30.3 Å². The first kappa shape index (κ1) is 18.8. The third-order valence-corrected chi connectivity index (χ3v) is 4.40. The van der Waals surface area contributed by atoms with Crippen LogP contribution in [-0.2, 0) is 4.74 Å². The summed E-state index contributed by atoms with van der Waals surface area (Å²) in [6.07, 6.45) is 0. The Kier molecular flexibility index (Phi) is 5.66. The summed E-state index contributed by atoms with van der Waals surface area (Å²) >= 11 is 0. The quantitative estimate of drug-likeness (QED) is 0.819. The molecule has 2 heterocycles. The van der Waals surface area contributed by atoms with Crippen molar-refractivity contribution in [2.24, 2.45) is 0 Å². The fourth-order valence-corrected chi connectivity index (χ4v) is 2.85. The minimum atomic E-state index is -0.457. The van der Waals surface area contributed by atoms with Gasteiger partial charge in [0, 0.05) is 37.6 Å². The first-order valence-corrected chi connectivity index (χ1v) is 8.75. The van der Waals surface area contributed by atoms with Crippen LogP contribution in [0.4, 0.5) is 11.6 Å². The highest BCUT2D eigenvalue weighted by molar-refractivity contribution is 6.03. The molecule has 1 aliphatic heterocycles. The number of anilines is 2. The van der Waals surface area contributed by atoms with Gasteiger partial charge < -0.3 is 19.9 Å². The van der Waals surface area contributed by atoms with Gasteiger partial charge in [0.1, 0.15) is 5.69 Å². The molecule has 1 fully saturated rings. The van der Waals surface area contributed by atoms with Crippen molar-refractivity contribution in [3.8, 4) is 0 Å². The highest BCUT2D eigenvalue weighted by atomic mass is 16.5. The molecule has 8 nitrogen and oxygen atoms in total. The Morgan fingerprint density at radius 1 is 1.11 bits per heavy atom. The van der Waals surface area contributed by atoms with Crippen LogP contribution in [0.2, 0.25) is 0 Å². The van der Waals surface area contributed by atoms with E-state index in [-0.39, 0.29) is 5.91 Å². The molecule has 1 amide bonds. The molecule has 1 aromatic heterocycles. The van der Waals surface area contributed by atoms with Crippen LogP contribution in [0.5, 0.6) is 0 Å². The number of esters is 1. The maximum absolute atomic E-state index is 12.7. The largest absolute Gasteiger partial charge is 0.465 e. The minimum absolute atomic E-state index is 0.292. The predicted molar refractivity (Wildman–Crippen MR) is 102 cm³/mol. The highest BCUT2D eigenvalue weighted by Crippen LogP contribution is 2.16. The fraction of sp³-hybridized carbons (Fsp3) is 0.368. The Morgan fingerprint density at radius 2 is 1.85 bits per heavy atom. The van der Waals surface area contributed by atoms with Crippen molar-refractivity contribution in [2.75, 3.05) is 50.6 Å². The zero-order valence-corrected chi connectivity index (χ0v) is 15.7. The summed E-state index contributed by atoms with van der Waals surface area (Å²) in [6.45, 7) is 5.35. The van der Waals surface area contributed by atoms with E-state index in [0.717, 1.165) is 31.9 Å². The molecule has 1 aromatic carbocycles. The SMILES string of the molecule is COC(=O)c1cccc(NC(=O)c2cc(C)nc(N3CCN(C)CC3)n2)c1. The number of benzene rings is 1. The van der Waals surface area contributed by atoms with E-state index in [1.807, 2.05) is 6.92 Å². The number of hydrogen-bond donors (Lipinski definition) is 1. The van der Waals surface area contributed by atoms with Crippen molar-refractivity contribution >= 4 is 23.5 Å². The van der Waals surface area contributed by atoms with Gasteiger partial charge in [0.25, 0.3) is 5.91 Å². The average Bonchev–Trinajstić information content (AvgIpc) is 2.67. The highest BCUT2D eigenvalue weighted by Gasteiger charge is 2.19. The molecule has 1 aliphatic rings. The molecule has 142 valence electrons. The predicted octanol–water partition coefficient (Wildman–Crippen LogP) is 1.58. The van der Waals surface area contributed by atoms with Gasteiger partial charge >= 0.3 is 5.97 Å². The maximum Gasteiger partial charge on any atom is 0.337 e. The van der Waals surface area contributed by atoms with Gasteiger partial charge in [-0.2, -0.15) is 0 Å². The van der Waals surface area contributed by atoms with E-state index in [0.29, 0.717) is 22.9 Å². The van der Waals surface area contributed by atoms with Gasteiger partial charge in [-0.1, -0.05) is 6.07 Å². The van der Waals surface area contributed by atoms with Crippen LogP contribution in [0.15, 0.2) is 30.3 Å². The second-order valence-electron chi connectivity index (χ2n) is 6.51. The summed E-state index contributed by atoms with van der Waals surface area (Å²) < 4.78 is 4.71. The lowest BCUT2D eigenvalue weighted by Crippen LogP contribution is -2.45. The second kappa shape index (κ2) is 8.13. The number of likely N-dealkylation sites (N-methyl/N-ethyl adjacent to an activating group) is 1. The van der Waals surface area contributed by atoms with E-state index in [1.165, 1.54) is 7.11 Å². The number of ether oxygens (including phenoxy) is 1. The molecule has 1 saturated heterocycles. The summed E-state index contributed by atoms with van der Waals surface area (Å²) in [4.78, 5) is 37.6. The number of rotatable bonds is 4. The monoisotopic (exact) mass is 369 g/mol. The summed E-state index contributed by atoms with van der Waals surface area (Å²) in [6, 6.07) is 8.24. The fourth-order valence-electron chi connectivity index (χ4n) is 2.85. The van der Waals surface area contributed by atoms with Gasteiger partial charge in [-0.3, -0.25) is 4.79 Å². The molecule has 8 heteroatoms. The Hall–Kier alpha value is -3.00. The van der Waals surface area contributed by atoms with Crippen LogP contribution in [0.25, 0.3) is 0 Å². The second-order valence-corrected chi connectivity index (χ2v) is 6.51. The zero-order chi connectivity index (χ0) is 19.4. The lowest BCUT2D eigenvalue weighted by atomic mass is 10.2. The average molecular weight is 369 g/mol. The molecular formula is C19H23N5O3. The standard InChI is InChI=1S/C19H23N5O3/c1-13-11-16(22-19(20-13)24-9-7-23(2)8-10-24)17(25)21-15-6-4-5-14(12-15)18(26)27-3/h4-6,11-12H,7-10H2,1-3H3,(H,21,25). The van der Waals surface area contributed by atoms with Gasteiger partial charge in [-0.05, 0) is 38.2 Å². The van der Waals surface area contributed by atoms with E-state index < -0.39 is 5.97 Å². The van der Waals surface area contributed by atoms with E-state index in [4.69, 9.17) is 4.74 Å². The number of carbonyl (C=O) groups excluding carboxylic acids is 2. The van der Waals surface area contributed by atoms with Crippen LogP contribution >= 0.6 is 0 Å². The van der Waals surface area contributed by atoms with Crippen LogP contribution in [-0.4, -0.2) is 67.1 Å². The minimum Gasteiger partial charge on any atom is -0.465 e. The molecule has 1 N–H and O–H groups in total. The molecule has 0 saturated carbocycles. The smallest absolute Gasteiger partial charge is 0.337 e. The number of carbonyl (C=O) groups is 2. The number of nitrogens with zero attached hydrogens (tertiary/aromatic N) is 4. The van der Waals surface area contributed by atoms with Crippen molar-refractivity contribution in [1.29, 1.82) is 0 Å². The molecule has 3 rings (SSSR count). The third kappa shape index (κ3) is 4.59. The lowest BCUT2D eigenvalue weighted by molar-refractivity contribution is 0.0600.